The average molecular weight is 273 g/mol. The second kappa shape index (κ2) is 6.01. The third kappa shape index (κ3) is 3.03. The van der Waals surface area contributed by atoms with Crippen LogP contribution in [0.4, 0.5) is 5.82 Å². The van der Waals surface area contributed by atoms with Crippen molar-refractivity contribution in [3.63, 3.8) is 0 Å². The first-order valence-electron chi connectivity index (χ1n) is 5.96. The molecule has 0 unspecified atom stereocenters. The van der Waals surface area contributed by atoms with E-state index in [0.29, 0.717) is 12.2 Å². The number of carbonyl (C=O) groups is 1. The molecule has 0 bridgehead atoms. The zero-order valence-corrected chi connectivity index (χ0v) is 11.3. The molecule has 0 saturated carbocycles. The minimum absolute atomic E-state index is 0.121. The maximum Gasteiger partial charge on any atom is 0.343 e. The predicted octanol–water partition coefficient (Wildman–Crippen LogP) is 1.44. The first-order valence-corrected chi connectivity index (χ1v) is 5.96. The van der Waals surface area contributed by atoms with Gasteiger partial charge in [-0.15, -0.1) is 0 Å². The molecule has 0 spiro atoms. The first kappa shape index (κ1) is 13.8. The molecule has 2 aromatic rings. The molecule has 1 aromatic carbocycles. The fourth-order valence-corrected chi connectivity index (χ4v) is 1.71. The molecule has 0 aliphatic carbocycles. The zero-order valence-electron chi connectivity index (χ0n) is 11.3. The molecule has 0 amide bonds. The Balaban J connectivity index is 2.17. The van der Waals surface area contributed by atoms with Crippen molar-refractivity contribution in [2.75, 3.05) is 20.0 Å². The SMILES string of the molecule is COC(=O)c1cnc(Cc2ccc(OC)cc2)nc1N. The van der Waals surface area contributed by atoms with Gasteiger partial charge in [0.2, 0.25) is 0 Å². The molecule has 2 N–H and O–H groups in total. The van der Waals surface area contributed by atoms with Crippen molar-refractivity contribution in [1.29, 1.82) is 0 Å². The van der Waals surface area contributed by atoms with E-state index in [1.54, 1.807) is 7.11 Å². The van der Waals surface area contributed by atoms with Crippen LogP contribution < -0.4 is 10.5 Å². The second-order valence-corrected chi connectivity index (χ2v) is 4.10. The maximum absolute atomic E-state index is 11.4. The summed E-state index contributed by atoms with van der Waals surface area (Å²) in [6.45, 7) is 0. The van der Waals surface area contributed by atoms with Gasteiger partial charge >= 0.3 is 5.97 Å². The Morgan fingerprint density at radius 2 is 1.95 bits per heavy atom. The van der Waals surface area contributed by atoms with E-state index < -0.39 is 5.97 Å². The van der Waals surface area contributed by atoms with Crippen LogP contribution in [-0.4, -0.2) is 30.2 Å². The number of esters is 1. The lowest BCUT2D eigenvalue weighted by Crippen LogP contribution is -2.10. The smallest absolute Gasteiger partial charge is 0.343 e. The van der Waals surface area contributed by atoms with E-state index in [9.17, 15) is 4.79 Å². The molecule has 0 atom stereocenters. The van der Waals surface area contributed by atoms with Crippen molar-refractivity contribution in [3.8, 4) is 5.75 Å². The highest BCUT2D eigenvalue weighted by Gasteiger charge is 2.12. The number of anilines is 1. The number of ether oxygens (including phenoxy) is 2. The lowest BCUT2D eigenvalue weighted by Gasteiger charge is -2.06. The highest BCUT2D eigenvalue weighted by molar-refractivity contribution is 5.93. The second-order valence-electron chi connectivity index (χ2n) is 4.10. The topological polar surface area (TPSA) is 87.3 Å². The molecule has 2 rings (SSSR count). The van der Waals surface area contributed by atoms with Gasteiger partial charge in [0.25, 0.3) is 0 Å². The molecule has 20 heavy (non-hydrogen) atoms. The summed E-state index contributed by atoms with van der Waals surface area (Å²) >= 11 is 0. The summed E-state index contributed by atoms with van der Waals surface area (Å²) in [7, 11) is 2.90. The van der Waals surface area contributed by atoms with E-state index in [0.717, 1.165) is 11.3 Å². The summed E-state index contributed by atoms with van der Waals surface area (Å²) in [6.07, 6.45) is 1.91. The van der Waals surface area contributed by atoms with Gasteiger partial charge in [-0.2, -0.15) is 0 Å². The first-order chi connectivity index (χ1) is 9.63. The van der Waals surface area contributed by atoms with Gasteiger partial charge in [-0.05, 0) is 17.7 Å². The van der Waals surface area contributed by atoms with Gasteiger partial charge in [-0.3, -0.25) is 0 Å². The Labute approximate surface area is 116 Å². The number of methoxy groups -OCH3 is 2. The minimum Gasteiger partial charge on any atom is -0.497 e. The Hall–Kier alpha value is -2.63. The van der Waals surface area contributed by atoms with Gasteiger partial charge in [0.15, 0.2) is 0 Å². The third-order valence-electron chi connectivity index (χ3n) is 2.79. The van der Waals surface area contributed by atoms with Gasteiger partial charge in [-0.1, -0.05) is 12.1 Å². The highest BCUT2D eigenvalue weighted by Crippen LogP contribution is 2.15. The monoisotopic (exact) mass is 273 g/mol. The van der Waals surface area contributed by atoms with Crippen LogP contribution in [0.2, 0.25) is 0 Å². The number of nitrogen functional groups attached to an aromatic ring is 1. The van der Waals surface area contributed by atoms with Crippen molar-refractivity contribution in [2.24, 2.45) is 0 Å². The molecule has 1 aromatic heterocycles. The largest absolute Gasteiger partial charge is 0.497 e. The van der Waals surface area contributed by atoms with Crippen LogP contribution in [0.1, 0.15) is 21.7 Å². The molecule has 104 valence electrons. The van der Waals surface area contributed by atoms with E-state index in [2.05, 4.69) is 14.7 Å². The Kier molecular flexibility index (Phi) is 4.14. The van der Waals surface area contributed by atoms with Gasteiger partial charge in [-0.25, -0.2) is 14.8 Å². The van der Waals surface area contributed by atoms with Gasteiger partial charge in [0, 0.05) is 12.6 Å². The van der Waals surface area contributed by atoms with Crippen molar-refractivity contribution in [3.05, 3.63) is 47.4 Å². The number of hydrogen-bond donors (Lipinski definition) is 1. The number of nitrogens with two attached hydrogens (primary N) is 1. The Morgan fingerprint density at radius 3 is 2.50 bits per heavy atom. The van der Waals surface area contributed by atoms with E-state index in [1.807, 2.05) is 24.3 Å². The summed E-state index contributed by atoms with van der Waals surface area (Å²) in [5, 5.41) is 0. The fourth-order valence-electron chi connectivity index (χ4n) is 1.71. The standard InChI is InChI=1S/C14H15N3O3/c1-19-10-5-3-9(4-6-10)7-12-16-8-11(13(15)17-12)14(18)20-2/h3-6,8H,7H2,1-2H3,(H2,15,16,17). The summed E-state index contributed by atoms with van der Waals surface area (Å²) in [4.78, 5) is 19.6. The summed E-state index contributed by atoms with van der Waals surface area (Å²) in [5.74, 6) is 0.907. The fraction of sp³-hybridized carbons (Fsp3) is 0.214. The van der Waals surface area contributed by atoms with Gasteiger partial charge < -0.3 is 15.2 Å². The number of nitrogens with zero attached hydrogens (tertiary/aromatic N) is 2. The zero-order chi connectivity index (χ0) is 14.5. The number of carbonyl (C=O) groups excluding carboxylic acids is 1. The molecule has 0 radical (unpaired) electrons. The van der Waals surface area contributed by atoms with E-state index >= 15 is 0 Å². The minimum atomic E-state index is -0.543. The third-order valence-corrected chi connectivity index (χ3v) is 2.79. The van der Waals surface area contributed by atoms with Crippen LogP contribution in [0, 0.1) is 0 Å². The number of aromatic nitrogens is 2. The van der Waals surface area contributed by atoms with Crippen LogP contribution >= 0.6 is 0 Å². The molecule has 0 aliphatic heterocycles. The molecule has 0 aliphatic rings. The predicted molar refractivity (Wildman–Crippen MR) is 73.6 cm³/mol. The molecule has 6 nitrogen and oxygen atoms in total. The van der Waals surface area contributed by atoms with Crippen LogP contribution in [0.25, 0.3) is 0 Å². The lowest BCUT2D eigenvalue weighted by molar-refractivity contribution is 0.0601. The molecule has 0 fully saturated rings. The summed E-state index contributed by atoms with van der Waals surface area (Å²) < 4.78 is 9.68. The average Bonchev–Trinajstić information content (AvgIpc) is 2.47. The van der Waals surface area contributed by atoms with Crippen LogP contribution in [0.3, 0.4) is 0 Å². The van der Waals surface area contributed by atoms with E-state index in [4.69, 9.17) is 10.5 Å². The van der Waals surface area contributed by atoms with Crippen LogP contribution in [0.5, 0.6) is 5.75 Å². The molecule has 6 heteroatoms. The lowest BCUT2D eigenvalue weighted by atomic mass is 10.1. The maximum atomic E-state index is 11.4. The van der Waals surface area contributed by atoms with Crippen molar-refractivity contribution in [1.82, 2.24) is 9.97 Å². The van der Waals surface area contributed by atoms with Crippen molar-refractivity contribution in [2.45, 2.75) is 6.42 Å². The number of rotatable bonds is 4. The normalized spacial score (nSPS) is 10.1. The Morgan fingerprint density at radius 1 is 1.25 bits per heavy atom. The Bertz CT molecular complexity index is 612. The molecular formula is C14H15N3O3. The van der Waals surface area contributed by atoms with E-state index in [1.165, 1.54) is 13.3 Å². The van der Waals surface area contributed by atoms with Crippen LogP contribution in [-0.2, 0) is 11.2 Å². The molecule has 1 heterocycles. The van der Waals surface area contributed by atoms with Gasteiger partial charge in [0.05, 0.1) is 14.2 Å². The summed E-state index contributed by atoms with van der Waals surface area (Å²) in [6, 6.07) is 7.57. The quantitative estimate of drug-likeness (QED) is 0.848. The number of hydrogen-bond acceptors (Lipinski definition) is 6. The molecule has 0 saturated heterocycles. The summed E-state index contributed by atoms with van der Waals surface area (Å²) in [5.41, 5.74) is 6.92. The van der Waals surface area contributed by atoms with Crippen molar-refractivity contribution >= 4 is 11.8 Å². The van der Waals surface area contributed by atoms with Crippen LogP contribution in [0.15, 0.2) is 30.5 Å². The highest BCUT2D eigenvalue weighted by atomic mass is 16.5. The van der Waals surface area contributed by atoms with Gasteiger partial charge in [0.1, 0.15) is 23.0 Å². The van der Waals surface area contributed by atoms with Crippen molar-refractivity contribution < 1.29 is 14.3 Å². The van der Waals surface area contributed by atoms with E-state index in [-0.39, 0.29) is 11.4 Å². The molecular weight excluding hydrogens is 258 g/mol. The number of benzene rings is 1.